The van der Waals surface area contributed by atoms with Gasteiger partial charge in [0, 0.05) is 47.6 Å². The lowest BCUT2D eigenvalue weighted by Crippen LogP contribution is -2.06. The minimum Gasteiger partial charge on any atom is -0.346 e. The van der Waals surface area contributed by atoms with Crippen LogP contribution in [-0.2, 0) is 25.9 Å². The van der Waals surface area contributed by atoms with Crippen molar-refractivity contribution in [3.05, 3.63) is 52.5 Å². The van der Waals surface area contributed by atoms with Crippen LogP contribution in [0.2, 0.25) is 0 Å². The van der Waals surface area contributed by atoms with E-state index in [1.54, 1.807) is 11.3 Å². The lowest BCUT2D eigenvalue weighted by molar-refractivity contribution is 0.611. The normalized spacial score (nSPS) is 13.9. The van der Waals surface area contributed by atoms with Crippen LogP contribution in [0.1, 0.15) is 42.3 Å². The predicted octanol–water partition coefficient (Wildman–Crippen LogP) is 4.59. The third-order valence-corrected chi connectivity index (χ3v) is 6.43. The maximum absolute atomic E-state index is 8.96. The van der Waals surface area contributed by atoms with Gasteiger partial charge in [-0.15, -0.1) is 21.5 Å². The third-order valence-electron chi connectivity index (χ3n) is 5.58. The predicted molar refractivity (Wildman–Crippen MR) is 114 cm³/mol. The number of aromatic nitrogens is 5. The van der Waals surface area contributed by atoms with E-state index in [1.807, 2.05) is 6.07 Å². The molecule has 0 saturated carbocycles. The number of benzene rings is 1. The second-order valence-corrected chi connectivity index (χ2v) is 8.40. The van der Waals surface area contributed by atoms with E-state index >= 15 is 0 Å². The molecule has 0 N–H and O–H groups in total. The van der Waals surface area contributed by atoms with Crippen molar-refractivity contribution in [2.75, 3.05) is 0 Å². The van der Waals surface area contributed by atoms with Crippen LogP contribution in [0.25, 0.3) is 22.2 Å². The van der Waals surface area contributed by atoms with Crippen LogP contribution in [0, 0.1) is 11.3 Å². The van der Waals surface area contributed by atoms with E-state index in [0.717, 1.165) is 52.8 Å². The van der Waals surface area contributed by atoms with E-state index in [0.29, 0.717) is 13.0 Å². The zero-order valence-corrected chi connectivity index (χ0v) is 17.0. The van der Waals surface area contributed by atoms with Crippen LogP contribution >= 0.6 is 11.3 Å². The molecule has 146 valence electrons. The standard InChI is InChI=1S/C22H22N6S/c23-10-6-11-27-14-17(16-7-3-4-8-19(16)27)18-15-29-22(24-18)13-21-26-25-20-9-2-1-5-12-28(20)21/h3-4,7-8,14-15H,1-2,5-6,9,11-13H2. The summed E-state index contributed by atoms with van der Waals surface area (Å²) < 4.78 is 4.45. The molecule has 7 heteroatoms. The Bertz CT molecular complexity index is 1190. The quantitative estimate of drug-likeness (QED) is 0.489. The molecular weight excluding hydrogens is 380 g/mol. The molecule has 1 aliphatic rings. The average molecular weight is 403 g/mol. The fourth-order valence-electron chi connectivity index (χ4n) is 4.13. The molecule has 0 unspecified atom stereocenters. The Morgan fingerprint density at radius 3 is 3.00 bits per heavy atom. The van der Waals surface area contributed by atoms with E-state index in [-0.39, 0.29) is 0 Å². The Hall–Kier alpha value is -2.98. The number of rotatable bonds is 5. The molecule has 0 spiro atoms. The summed E-state index contributed by atoms with van der Waals surface area (Å²) in [6, 6.07) is 10.6. The molecule has 0 fully saturated rings. The summed E-state index contributed by atoms with van der Waals surface area (Å²) in [6.45, 7) is 1.71. The summed E-state index contributed by atoms with van der Waals surface area (Å²) in [6.07, 6.45) is 8.05. The summed E-state index contributed by atoms with van der Waals surface area (Å²) in [5.74, 6) is 2.15. The summed E-state index contributed by atoms with van der Waals surface area (Å²) in [7, 11) is 0. The van der Waals surface area contributed by atoms with E-state index in [4.69, 9.17) is 10.2 Å². The van der Waals surface area contributed by atoms with Crippen molar-refractivity contribution in [1.29, 1.82) is 5.26 Å². The molecule has 0 amide bonds. The Labute approximate surface area is 173 Å². The molecule has 29 heavy (non-hydrogen) atoms. The molecule has 0 bridgehead atoms. The first-order chi connectivity index (χ1) is 14.3. The van der Waals surface area contributed by atoms with Gasteiger partial charge in [0.15, 0.2) is 0 Å². The maximum Gasteiger partial charge on any atom is 0.139 e. The number of aryl methyl sites for hydroxylation is 2. The minimum atomic E-state index is 0.498. The van der Waals surface area contributed by atoms with Crippen molar-refractivity contribution in [2.45, 2.75) is 51.6 Å². The van der Waals surface area contributed by atoms with Gasteiger partial charge in [-0.05, 0) is 18.9 Å². The Morgan fingerprint density at radius 2 is 2.07 bits per heavy atom. The fraction of sp³-hybridized carbons (Fsp3) is 0.364. The van der Waals surface area contributed by atoms with Gasteiger partial charge in [-0.1, -0.05) is 24.6 Å². The molecule has 1 aromatic carbocycles. The summed E-state index contributed by atoms with van der Waals surface area (Å²) in [4.78, 5) is 4.93. The number of hydrogen-bond donors (Lipinski definition) is 0. The van der Waals surface area contributed by atoms with Crippen molar-refractivity contribution >= 4 is 22.2 Å². The smallest absolute Gasteiger partial charge is 0.139 e. The summed E-state index contributed by atoms with van der Waals surface area (Å²) >= 11 is 1.68. The first-order valence-electron chi connectivity index (χ1n) is 10.1. The molecule has 3 aromatic heterocycles. The molecule has 4 aromatic rings. The van der Waals surface area contributed by atoms with Crippen molar-refractivity contribution < 1.29 is 0 Å². The molecular formula is C22H22N6S. The largest absolute Gasteiger partial charge is 0.346 e. The SMILES string of the molecule is N#CCCn1cc(-c2csc(Cc3nnc4n3CCCCC4)n2)c2ccccc21. The second kappa shape index (κ2) is 7.80. The number of fused-ring (bicyclic) bond motifs is 2. The zero-order valence-electron chi connectivity index (χ0n) is 16.2. The molecule has 0 atom stereocenters. The first-order valence-corrected chi connectivity index (χ1v) is 11.0. The van der Waals surface area contributed by atoms with Crippen LogP contribution in [0.3, 0.4) is 0 Å². The van der Waals surface area contributed by atoms with Crippen LogP contribution in [-0.4, -0.2) is 24.3 Å². The van der Waals surface area contributed by atoms with Crippen molar-refractivity contribution in [3.8, 4) is 17.3 Å². The van der Waals surface area contributed by atoms with Gasteiger partial charge >= 0.3 is 0 Å². The zero-order chi connectivity index (χ0) is 19.6. The monoisotopic (exact) mass is 402 g/mol. The molecule has 4 heterocycles. The lowest BCUT2D eigenvalue weighted by atomic mass is 10.1. The van der Waals surface area contributed by atoms with Gasteiger partial charge < -0.3 is 9.13 Å². The van der Waals surface area contributed by atoms with E-state index in [1.165, 1.54) is 24.6 Å². The van der Waals surface area contributed by atoms with Crippen molar-refractivity contribution in [1.82, 2.24) is 24.3 Å². The highest BCUT2D eigenvalue weighted by Crippen LogP contribution is 2.32. The number of thiazole rings is 1. The molecule has 0 radical (unpaired) electrons. The van der Waals surface area contributed by atoms with Crippen LogP contribution in [0.4, 0.5) is 0 Å². The van der Waals surface area contributed by atoms with Gasteiger partial charge in [0.1, 0.15) is 16.7 Å². The number of nitriles is 1. The second-order valence-electron chi connectivity index (χ2n) is 7.46. The van der Waals surface area contributed by atoms with Crippen LogP contribution in [0.15, 0.2) is 35.8 Å². The molecule has 0 saturated heterocycles. The van der Waals surface area contributed by atoms with Crippen molar-refractivity contribution in [3.63, 3.8) is 0 Å². The highest BCUT2D eigenvalue weighted by molar-refractivity contribution is 7.10. The van der Waals surface area contributed by atoms with Crippen molar-refractivity contribution in [2.24, 2.45) is 0 Å². The highest BCUT2D eigenvalue weighted by atomic mass is 32.1. The fourth-order valence-corrected chi connectivity index (χ4v) is 4.92. The minimum absolute atomic E-state index is 0.498. The van der Waals surface area contributed by atoms with E-state index in [9.17, 15) is 0 Å². The molecule has 5 rings (SSSR count). The van der Waals surface area contributed by atoms with Gasteiger partial charge in [-0.25, -0.2) is 4.98 Å². The Balaban J connectivity index is 1.45. The third kappa shape index (κ3) is 3.45. The first kappa shape index (κ1) is 18.1. The molecule has 0 aliphatic carbocycles. The van der Waals surface area contributed by atoms with Crippen LogP contribution in [0.5, 0.6) is 0 Å². The van der Waals surface area contributed by atoms with Gasteiger partial charge in [0.2, 0.25) is 0 Å². The van der Waals surface area contributed by atoms with E-state index in [2.05, 4.69) is 55.2 Å². The summed E-state index contributed by atoms with van der Waals surface area (Å²) in [5.41, 5.74) is 3.27. The average Bonchev–Trinajstić information content (AvgIpc) is 3.40. The summed E-state index contributed by atoms with van der Waals surface area (Å²) in [5, 5.41) is 22.2. The number of para-hydroxylation sites is 1. The topological polar surface area (TPSA) is 72.3 Å². The van der Waals surface area contributed by atoms with Gasteiger partial charge in [-0.2, -0.15) is 5.26 Å². The van der Waals surface area contributed by atoms with Gasteiger partial charge in [0.05, 0.1) is 24.6 Å². The van der Waals surface area contributed by atoms with Gasteiger partial charge in [-0.3, -0.25) is 0 Å². The molecule has 6 nitrogen and oxygen atoms in total. The molecule has 1 aliphatic heterocycles. The van der Waals surface area contributed by atoms with Crippen LogP contribution < -0.4 is 0 Å². The van der Waals surface area contributed by atoms with E-state index < -0.39 is 0 Å². The highest BCUT2D eigenvalue weighted by Gasteiger charge is 2.17. The number of hydrogen-bond acceptors (Lipinski definition) is 5. The lowest BCUT2D eigenvalue weighted by Gasteiger charge is -2.05. The Kier molecular flexibility index (Phi) is 4.86. The maximum atomic E-state index is 8.96. The number of nitrogens with zero attached hydrogens (tertiary/aromatic N) is 6. The van der Waals surface area contributed by atoms with Gasteiger partial charge in [0.25, 0.3) is 0 Å². The Morgan fingerprint density at radius 1 is 1.14 bits per heavy atom.